The first-order valence-electron chi connectivity index (χ1n) is 2.80. The average molecular weight is 187 g/mol. The number of anilines is 1. The molecule has 2 nitrogen and oxygen atoms in total. The number of nitriles is 1. The van der Waals surface area contributed by atoms with Gasteiger partial charge < -0.3 is 5.73 Å². The molecule has 0 spiro atoms. The van der Waals surface area contributed by atoms with Crippen LogP contribution < -0.4 is 5.73 Å². The Balaban J connectivity index is 3.44. The molecule has 0 aliphatic rings. The second-order valence-corrected chi connectivity index (χ2v) is 2.74. The fraction of sp³-hybridized carbons (Fsp3) is 0. The number of halogens is 2. The van der Waals surface area contributed by atoms with Crippen LogP contribution in [0.5, 0.6) is 0 Å². The van der Waals surface area contributed by atoms with E-state index in [4.69, 9.17) is 34.2 Å². The van der Waals surface area contributed by atoms with Crippen LogP contribution in [0.3, 0.4) is 0 Å². The number of hydrogen-bond donors (Lipinski definition) is 1. The third-order valence-corrected chi connectivity index (χ3v) is 1.90. The monoisotopic (exact) mass is 186 g/mol. The number of rotatable bonds is 0. The van der Waals surface area contributed by atoms with Gasteiger partial charge in [0.25, 0.3) is 0 Å². The molecular weight excluding hydrogens is 183 g/mol. The van der Waals surface area contributed by atoms with Gasteiger partial charge in [-0.25, -0.2) is 0 Å². The summed E-state index contributed by atoms with van der Waals surface area (Å²) in [7, 11) is 0. The van der Waals surface area contributed by atoms with Crippen molar-refractivity contribution >= 4 is 28.9 Å². The van der Waals surface area contributed by atoms with Crippen molar-refractivity contribution in [3.05, 3.63) is 27.7 Å². The summed E-state index contributed by atoms with van der Waals surface area (Å²) in [5.74, 6) is 0. The fourth-order valence-electron chi connectivity index (χ4n) is 0.681. The second kappa shape index (κ2) is 3.00. The summed E-state index contributed by atoms with van der Waals surface area (Å²) < 4.78 is 0. The Hall–Kier alpha value is -0.910. The minimum absolute atomic E-state index is 0.235. The minimum atomic E-state index is 0.235. The largest absolute Gasteiger partial charge is 0.396 e. The molecule has 0 bridgehead atoms. The van der Waals surface area contributed by atoms with Crippen LogP contribution in [0.2, 0.25) is 10.0 Å². The van der Waals surface area contributed by atoms with E-state index in [-0.39, 0.29) is 11.3 Å². The lowest BCUT2D eigenvalue weighted by atomic mass is 10.2. The van der Waals surface area contributed by atoms with Crippen molar-refractivity contribution in [1.29, 1.82) is 5.26 Å². The van der Waals surface area contributed by atoms with Gasteiger partial charge in [-0.05, 0) is 12.1 Å². The molecule has 0 radical (unpaired) electrons. The van der Waals surface area contributed by atoms with E-state index in [1.54, 1.807) is 12.1 Å². The molecule has 0 aliphatic heterocycles. The Kier molecular flexibility index (Phi) is 2.23. The Morgan fingerprint density at radius 3 is 2.27 bits per heavy atom. The molecule has 4 heteroatoms. The average Bonchev–Trinajstić information content (AvgIpc) is 1.99. The first-order chi connectivity index (χ1) is 5.16. The lowest BCUT2D eigenvalue weighted by Crippen LogP contribution is -1.91. The van der Waals surface area contributed by atoms with Crippen molar-refractivity contribution in [3.8, 4) is 6.07 Å². The molecule has 0 atom stereocenters. The molecule has 1 rings (SSSR count). The third-order valence-electron chi connectivity index (χ3n) is 1.25. The summed E-state index contributed by atoms with van der Waals surface area (Å²) in [5.41, 5.74) is 5.93. The van der Waals surface area contributed by atoms with Crippen LogP contribution in [-0.2, 0) is 0 Å². The van der Waals surface area contributed by atoms with Crippen molar-refractivity contribution in [2.24, 2.45) is 0 Å². The van der Waals surface area contributed by atoms with Crippen LogP contribution in [0.25, 0.3) is 0 Å². The molecule has 1 aromatic rings. The number of nitrogens with zero attached hydrogens (tertiary/aromatic N) is 1. The Morgan fingerprint density at radius 1 is 1.27 bits per heavy atom. The SMILES string of the molecule is N#Cc1c(Cl)ccc(Cl)c1N. The maximum Gasteiger partial charge on any atom is 0.103 e. The lowest BCUT2D eigenvalue weighted by molar-refractivity contribution is 1.48. The molecule has 0 aliphatic carbocycles. The van der Waals surface area contributed by atoms with Crippen molar-refractivity contribution in [2.45, 2.75) is 0 Å². The van der Waals surface area contributed by atoms with Gasteiger partial charge in [-0.15, -0.1) is 0 Å². The summed E-state index contributed by atoms with van der Waals surface area (Å²) in [6, 6.07) is 4.96. The van der Waals surface area contributed by atoms with E-state index < -0.39 is 0 Å². The van der Waals surface area contributed by atoms with E-state index >= 15 is 0 Å². The second-order valence-electron chi connectivity index (χ2n) is 1.93. The normalized spacial score (nSPS) is 9.18. The van der Waals surface area contributed by atoms with Gasteiger partial charge in [-0.1, -0.05) is 23.2 Å². The molecule has 0 aromatic heterocycles. The van der Waals surface area contributed by atoms with Gasteiger partial charge in [0.2, 0.25) is 0 Å². The summed E-state index contributed by atoms with van der Waals surface area (Å²) >= 11 is 11.3. The molecule has 1 aromatic carbocycles. The predicted octanol–water partition coefficient (Wildman–Crippen LogP) is 2.45. The fourth-order valence-corrected chi connectivity index (χ4v) is 1.05. The maximum absolute atomic E-state index is 8.55. The zero-order valence-electron chi connectivity index (χ0n) is 5.44. The molecule has 11 heavy (non-hydrogen) atoms. The standard InChI is InChI=1S/C7H4Cl2N2/c8-5-1-2-6(9)7(11)4(5)3-10/h1-2H,11H2. The highest BCUT2D eigenvalue weighted by Gasteiger charge is 2.06. The maximum atomic E-state index is 8.55. The van der Waals surface area contributed by atoms with Crippen LogP contribution in [0, 0.1) is 11.3 Å². The van der Waals surface area contributed by atoms with Gasteiger partial charge in [0.05, 0.1) is 21.3 Å². The molecule has 0 saturated heterocycles. The predicted molar refractivity (Wildman–Crippen MR) is 45.6 cm³/mol. The van der Waals surface area contributed by atoms with Crippen LogP contribution >= 0.6 is 23.2 Å². The highest BCUT2D eigenvalue weighted by Crippen LogP contribution is 2.27. The molecule has 0 amide bonds. The Morgan fingerprint density at radius 2 is 1.82 bits per heavy atom. The zero-order chi connectivity index (χ0) is 8.43. The Bertz CT molecular complexity index is 328. The third kappa shape index (κ3) is 1.40. The minimum Gasteiger partial charge on any atom is -0.396 e. The summed E-state index contributed by atoms with van der Waals surface area (Å²) in [6.45, 7) is 0. The van der Waals surface area contributed by atoms with Crippen molar-refractivity contribution < 1.29 is 0 Å². The molecule has 0 heterocycles. The van der Waals surface area contributed by atoms with Gasteiger partial charge in [-0.2, -0.15) is 5.26 Å². The zero-order valence-corrected chi connectivity index (χ0v) is 6.95. The molecule has 2 N–H and O–H groups in total. The van der Waals surface area contributed by atoms with Gasteiger partial charge in [-0.3, -0.25) is 0 Å². The van der Waals surface area contributed by atoms with E-state index in [0.29, 0.717) is 10.0 Å². The van der Waals surface area contributed by atoms with Crippen molar-refractivity contribution in [3.63, 3.8) is 0 Å². The van der Waals surface area contributed by atoms with Crippen molar-refractivity contribution in [2.75, 3.05) is 5.73 Å². The van der Waals surface area contributed by atoms with E-state index in [0.717, 1.165) is 0 Å². The van der Waals surface area contributed by atoms with E-state index in [2.05, 4.69) is 0 Å². The summed E-state index contributed by atoms with van der Waals surface area (Å²) in [6.07, 6.45) is 0. The van der Waals surface area contributed by atoms with Gasteiger partial charge in [0, 0.05) is 0 Å². The van der Waals surface area contributed by atoms with Gasteiger partial charge in [0.1, 0.15) is 6.07 Å². The summed E-state index contributed by atoms with van der Waals surface area (Å²) in [5, 5.41) is 9.23. The molecule has 0 saturated carbocycles. The van der Waals surface area contributed by atoms with Gasteiger partial charge >= 0.3 is 0 Å². The van der Waals surface area contributed by atoms with E-state index in [1.165, 1.54) is 0 Å². The lowest BCUT2D eigenvalue weighted by Gasteiger charge is -2.00. The molecule has 56 valence electrons. The number of nitrogens with two attached hydrogens (primary N) is 1. The van der Waals surface area contributed by atoms with Gasteiger partial charge in [0.15, 0.2) is 0 Å². The van der Waals surface area contributed by atoms with E-state index in [9.17, 15) is 0 Å². The molecule has 0 unspecified atom stereocenters. The number of benzene rings is 1. The van der Waals surface area contributed by atoms with Crippen LogP contribution in [0.4, 0.5) is 5.69 Å². The quantitative estimate of drug-likeness (QED) is 0.634. The molecule has 0 fully saturated rings. The van der Waals surface area contributed by atoms with Crippen molar-refractivity contribution in [1.82, 2.24) is 0 Å². The number of nitrogen functional groups attached to an aromatic ring is 1. The highest BCUT2D eigenvalue weighted by molar-refractivity contribution is 6.36. The number of hydrogen-bond acceptors (Lipinski definition) is 2. The first-order valence-corrected chi connectivity index (χ1v) is 3.56. The Labute approximate surface area is 74.1 Å². The van der Waals surface area contributed by atoms with Crippen LogP contribution in [0.15, 0.2) is 12.1 Å². The van der Waals surface area contributed by atoms with Crippen LogP contribution in [-0.4, -0.2) is 0 Å². The first kappa shape index (κ1) is 8.19. The molecular formula is C7H4Cl2N2. The summed E-state index contributed by atoms with van der Waals surface area (Å²) in [4.78, 5) is 0. The smallest absolute Gasteiger partial charge is 0.103 e. The highest BCUT2D eigenvalue weighted by atomic mass is 35.5. The van der Waals surface area contributed by atoms with E-state index in [1.807, 2.05) is 6.07 Å². The topological polar surface area (TPSA) is 49.8 Å². The van der Waals surface area contributed by atoms with Crippen LogP contribution in [0.1, 0.15) is 5.56 Å².